The summed E-state index contributed by atoms with van der Waals surface area (Å²) in [5.41, 5.74) is 9.13. The van der Waals surface area contributed by atoms with Crippen molar-refractivity contribution in [2.75, 3.05) is 13.2 Å². The first-order chi connectivity index (χ1) is 21.5. The van der Waals surface area contributed by atoms with Crippen LogP contribution in [0.5, 0.6) is 0 Å². The number of azide groups is 1. The monoisotopic (exact) mass is 661 g/mol. The van der Waals surface area contributed by atoms with Gasteiger partial charge in [-0.05, 0) is 5.53 Å². The van der Waals surface area contributed by atoms with Gasteiger partial charge in [0.05, 0.1) is 0 Å². The van der Waals surface area contributed by atoms with E-state index < -0.39 is 116 Å². The van der Waals surface area contributed by atoms with Crippen LogP contribution in [-0.2, 0) is 80.9 Å². The lowest BCUT2D eigenvalue weighted by molar-refractivity contribution is -0.344. The van der Waals surface area contributed by atoms with Crippen molar-refractivity contribution in [3.63, 3.8) is 0 Å². The second-order valence-corrected chi connectivity index (χ2v) is 9.89. The molecule has 0 aromatic rings. The standard InChI is InChI=1S/C26H35N3O17/c1-10(30)37-8-17-20(21(40-13(4)33)23(42-15(6)35)25(44-17)28-29-27)46-26-24(43-16(7)36)22(41-14(5)34)19(39-12(3)32)18(45-26)9-38-11(2)31/h17-26H,8-9H2,1-7H3/t17-,18-,19-,20-,21+,22+,23-,24-,25+,26+/m1/s1. The van der Waals surface area contributed by atoms with E-state index in [-0.39, 0.29) is 0 Å². The summed E-state index contributed by atoms with van der Waals surface area (Å²) in [5.74, 6) is -6.10. The molecule has 2 aliphatic rings. The minimum atomic E-state index is -1.82. The van der Waals surface area contributed by atoms with E-state index in [1.54, 1.807) is 0 Å². The third kappa shape index (κ3) is 11.1. The van der Waals surface area contributed by atoms with Gasteiger partial charge in [-0.15, -0.1) is 0 Å². The van der Waals surface area contributed by atoms with Crippen molar-refractivity contribution in [1.29, 1.82) is 0 Å². The highest BCUT2D eigenvalue weighted by atomic mass is 16.8. The van der Waals surface area contributed by atoms with Crippen LogP contribution in [0, 0.1) is 0 Å². The van der Waals surface area contributed by atoms with Crippen LogP contribution in [-0.4, -0.2) is 116 Å². The fourth-order valence-electron chi connectivity index (χ4n) is 4.63. The van der Waals surface area contributed by atoms with Crippen molar-refractivity contribution >= 4 is 41.8 Å². The van der Waals surface area contributed by atoms with Crippen molar-refractivity contribution in [1.82, 2.24) is 0 Å². The topological polar surface area (TPSA) is 261 Å². The van der Waals surface area contributed by atoms with Gasteiger partial charge in [0.1, 0.15) is 31.5 Å². The summed E-state index contributed by atoms with van der Waals surface area (Å²) in [6, 6.07) is 0. The zero-order valence-corrected chi connectivity index (χ0v) is 26.0. The minimum Gasteiger partial charge on any atom is -0.463 e. The maximum absolute atomic E-state index is 12.2. The molecule has 2 rings (SSSR count). The fraction of sp³-hybridized carbons (Fsp3) is 0.731. The number of hydrogen-bond acceptors (Lipinski definition) is 18. The van der Waals surface area contributed by atoms with Crippen LogP contribution >= 0.6 is 0 Å². The predicted octanol–water partition coefficient (Wildman–Crippen LogP) is -0.0836. The molecule has 2 saturated heterocycles. The van der Waals surface area contributed by atoms with Crippen molar-refractivity contribution in [2.45, 2.75) is 110 Å². The SMILES string of the molecule is CC(=O)OC[C@H]1O[C@H](N=[N+]=[N-])[C@H](OC(C)=O)[C@@H](OC(C)=O)[C@@H]1O[C@@H]1O[C@H](COC(C)=O)[C@@H](OC(C)=O)[C@H](OC(C)=O)[C@H]1OC(C)=O. The molecule has 0 saturated carbocycles. The minimum absolute atomic E-state index is 0.585. The third-order valence-corrected chi connectivity index (χ3v) is 6.07. The Balaban J connectivity index is 2.73. The van der Waals surface area contributed by atoms with Crippen LogP contribution in [0.1, 0.15) is 48.5 Å². The van der Waals surface area contributed by atoms with Crippen LogP contribution in [0.3, 0.4) is 0 Å². The highest BCUT2D eigenvalue weighted by Gasteiger charge is 2.57. The fourth-order valence-corrected chi connectivity index (χ4v) is 4.63. The van der Waals surface area contributed by atoms with E-state index in [9.17, 15) is 33.6 Å². The zero-order valence-electron chi connectivity index (χ0n) is 26.0. The lowest BCUT2D eigenvalue weighted by atomic mass is 9.95. The Morgan fingerprint density at radius 1 is 0.543 bits per heavy atom. The Hall–Kier alpha value is -4.52. The van der Waals surface area contributed by atoms with Crippen LogP contribution in [0.15, 0.2) is 5.11 Å². The van der Waals surface area contributed by atoms with Crippen molar-refractivity contribution in [3.8, 4) is 0 Å². The predicted molar refractivity (Wildman–Crippen MR) is 142 cm³/mol. The molecule has 0 spiro atoms. The first-order valence-corrected chi connectivity index (χ1v) is 13.7. The van der Waals surface area contributed by atoms with Crippen LogP contribution in [0.2, 0.25) is 0 Å². The number of esters is 7. The molecule has 0 radical (unpaired) electrons. The van der Waals surface area contributed by atoms with Gasteiger partial charge in [0.2, 0.25) is 0 Å². The molecule has 2 fully saturated rings. The number of hydrogen-bond donors (Lipinski definition) is 0. The molecule has 0 aliphatic carbocycles. The molecule has 2 heterocycles. The second kappa shape index (κ2) is 17.2. The summed E-state index contributed by atoms with van der Waals surface area (Å²) >= 11 is 0. The van der Waals surface area contributed by atoms with E-state index in [1.807, 2.05) is 0 Å². The Morgan fingerprint density at radius 2 is 0.935 bits per heavy atom. The van der Waals surface area contributed by atoms with Gasteiger partial charge in [-0.2, -0.15) is 0 Å². The van der Waals surface area contributed by atoms with Gasteiger partial charge >= 0.3 is 41.8 Å². The van der Waals surface area contributed by atoms with Crippen molar-refractivity contribution in [3.05, 3.63) is 10.4 Å². The van der Waals surface area contributed by atoms with E-state index >= 15 is 0 Å². The Labute approximate surface area is 261 Å². The third-order valence-electron chi connectivity index (χ3n) is 6.07. The quantitative estimate of drug-likeness (QED) is 0.0870. The number of rotatable bonds is 12. The average Bonchev–Trinajstić information content (AvgIpc) is 2.91. The number of ether oxygens (including phenoxy) is 10. The van der Waals surface area contributed by atoms with E-state index in [0.29, 0.717) is 0 Å². The van der Waals surface area contributed by atoms with E-state index in [4.69, 9.17) is 52.9 Å². The molecular weight excluding hydrogens is 626 g/mol. The molecule has 0 aromatic heterocycles. The van der Waals surface area contributed by atoms with Gasteiger partial charge in [0, 0.05) is 53.4 Å². The lowest BCUT2D eigenvalue weighted by Crippen LogP contribution is -2.67. The Morgan fingerprint density at radius 3 is 1.37 bits per heavy atom. The first kappa shape index (κ1) is 37.7. The van der Waals surface area contributed by atoms with Gasteiger partial charge in [0.15, 0.2) is 43.0 Å². The maximum Gasteiger partial charge on any atom is 0.303 e. The van der Waals surface area contributed by atoms with Gasteiger partial charge in [-0.3, -0.25) is 33.6 Å². The van der Waals surface area contributed by atoms with Crippen LogP contribution in [0.4, 0.5) is 0 Å². The van der Waals surface area contributed by atoms with E-state index in [0.717, 1.165) is 48.5 Å². The zero-order chi connectivity index (χ0) is 34.7. The van der Waals surface area contributed by atoms with Gasteiger partial charge in [-0.25, -0.2) is 0 Å². The summed E-state index contributed by atoms with van der Waals surface area (Å²) in [6.45, 7) is 6.05. The molecule has 0 aromatic carbocycles. The molecule has 0 N–H and O–H groups in total. The molecule has 2 aliphatic heterocycles. The summed E-state index contributed by atoms with van der Waals surface area (Å²) in [7, 11) is 0. The van der Waals surface area contributed by atoms with Gasteiger partial charge in [0.25, 0.3) is 0 Å². The molecule has 20 nitrogen and oxygen atoms in total. The molecule has 0 bridgehead atoms. The highest BCUT2D eigenvalue weighted by molar-refractivity contribution is 5.69. The second-order valence-electron chi connectivity index (χ2n) is 9.89. The molecule has 256 valence electrons. The maximum atomic E-state index is 12.2. The highest BCUT2D eigenvalue weighted by Crippen LogP contribution is 2.35. The number of carbonyl (C=O) groups excluding carboxylic acids is 7. The van der Waals surface area contributed by atoms with E-state index in [2.05, 4.69) is 10.0 Å². The van der Waals surface area contributed by atoms with Crippen LogP contribution < -0.4 is 0 Å². The summed E-state index contributed by atoms with van der Waals surface area (Å²) in [6.07, 6.45) is -16.1. The number of carbonyl (C=O) groups is 7. The lowest BCUT2D eigenvalue weighted by Gasteiger charge is -2.48. The first-order valence-electron chi connectivity index (χ1n) is 13.7. The number of nitrogens with zero attached hydrogens (tertiary/aromatic N) is 3. The largest absolute Gasteiger partial charge is 0.463 e. The van der Waals surface area contributed by atoms with Crippen molar-refractivity contribution < 1.29 is 80.9 Å². The van der Waals surface area contributed by atoms with Gasteiger partial charge in [-0.1, -0.05) is 5.11 Å². The Kier molecular flexibility index (Phi) is 14.1. The average molecular weight is 662 g/mol. The molecule has 20 heteroatoms. The Bertz CT molecular complexity index is 1220. The summed E-state index contributed by atoms with van der Waals surface area (Å²) in [5, 5.41) is 3.46. The van der Waals surface area contributed by atoms with Gasteiger partial charge < -0.3 is 47.4 Å². The molecule has 46 heavy (non-hydrogen) atoms. The van der Waals surface area contributed by atoms with E-state index in [1.165, 1.54) is 0 Å². The summed E-state index contributed by atoms with van der Waals surface area (Å²) in [4.78, 5) is 86.7. The molecular formula is C26H35N3O17. The summed E-state index contributed by atoms with van der Waals surface area (Å²) < 4.78 is 54.8. The molecule has 0 unspecified atom stereocenters. The molecule has 0 amide bonds. The normalized spacial score (nSPS) is 30.3. The van der Waals surface area contributed by atoms with Crippen LogP contribution in [0.25, 0.3) is 10.4 Å². The smallest absolute Gasteiger partial charge is 0.303 e. The molecule has 10 atom stereocenters. The van der Waals surface area contributed by atoms with Crippen molar-refractivity contribution in [2.24, 2.45) is 5.11 Å².